The van der Waals surface area contributed by atoms with Gasteiger partial charge in [0.15, 0.2) is 11.0 Å². The molecular weight excluding hydrogens is 478 g/mol. The molecule has 3 heterocycles. The number of nitrogens with zero attached hydrogens (tertiary/aromatic N) is 4. The van der Waals surface area contributed by atoms with Crippen molar-refractivity contribution in [2.45, 2.75) is 39.7 Å². The molecule has 0 atom stereocenters. The van der Waals surface area contributed by atoms with E-state index >= 15 is 0 Å². The summed E-state index contributed by atoms with van der Waals surface area (Å²) in [6.07, 6.45) is 6.32. The average molecular weight is 508 g/mol. The van der Waals surface area contributed by atoms with Gasteiger partial charge in [0.2, 0.25) is 0 Å². The summed E-state index contributed by atoms with van der Waals surface area (Å²) in [5.74, 6) is 1.49. The maximum absolute atomic E-state index is 6.10. The molecule has 3 aromatic heterocycles. The first-order chi connectivity index (χ1) is 18.0. The van der Waals surface area contributed by atoms with Crippen LogP contribution in [0.5, 0.6) is 5.75 Å². The van der Waals surface area contributed by atoms with E-state index in [1.807, 2.05) is 42.6 Å². The molecule has 7 heteroatoms. The smallest absolute Gasteiger partial charge is 0.180 e. The van der Waals surface area contributed by atoms with Gasteiger partial charge in [0.1, 0.15) is 18.1 Å². The number of pyridine rings is 1. The summed E-state index contributed by atoms with van der Waals surface area (Å²) in [7, 11) is 0. The Bertz CT molecular complexity index is 1460. The minimum Gasteiger partial charge on any atom is -0.489 e. The van der Waals surface area contributed by atoms with Crippen molar-refractivity contribution in [2.24, 2.45) is 0 Å². The SMILES string of the molecule is Cc1cc(OCc2ccccc2)cc(C)c1-c1cc(CCCc2cnc(N)s2)nc(-c2ccccn2)n1. The molecular formula is C30H29N5OS. The maximum Gasteiger partial charge on any atom is 0.180 e. The van der Waals surface area contributed by atoms with Gasteiger partial charge in [-0.15, -0.1) is 11.3 Å². The molecule has 5 rings (SSSR count). The first-order valence-electron chi connectivity index (χ1n) is 12.3. The molecule has 0 saturated heterocycles. The quantitative estimate of drug-likeness (QED) is 0.241. The van der Waals surface area contributed by atoms with Crippen molar-refractivity contribution in [3.8, 4) is 28.5 Å². The second-order valence-corrected chi connectivity index (χ2v) is 10.2. The van der Waals surface area contributed by atoms with E-state index in [1.54, 1.807) is 17.5 Å². The van der Waals surface area contributed by atoms with Crippen LogP contribution < -0.4 is 10.5 Å². The zero-order valence-corrected chi connectivity index (χ0v) is 21.8. The van der Waals surface area contributed by atoms with Crippen LogP contribution in [0.2, 0.25) is 0 Å². The molecule has 0 aliphatic carbocycles. The number of hydrogen-bond acceptors (Lipinski definition) is 7. The van der Waals surface area contributed by atoms with Crippen molar-refractivity contribution in [3.05, 3.63) is 106 Å². The monoisotopic (exact) mass is 507 g/mol. The molecule has 0 amide bonds. The standard InChI is InChI=1S/C30H29N5OS/c1-20-15-24(36-19-22-9-4-3-5-10-22)16-21(2)28(20)27-17-23(11-8-12-25-18-33-30(31)37-25)34-29(35-27)26-13-6-7-14-32-26/h3-7,9-10,13-18H,8,11-12,19H2,1-2H3,(H2,31,33). The number of ether oxygens (including phenoxy) is 1. The predicted molar refractivity (Wildman–Crippen MR) is 149 cm³/mol. The lowest BCUT2D eigenvalue weighted by molar-refractivity contribution is 0.306. The van der Waals surface area contributed by atoms with Gasteiger partial charge in [0.05, 0.1) is 5.69 Å². The topological polar surface area (TPSA) is 86.8 Å². The van der Waals surface area contributed by atoms with Crippen LogP contribution in [0.15, 0.2) is 79.1 Å². The first kappa shape index (κ1) is 24.6. The van der Waals surface area contributed by atoms with E-state index in [9.17, 15) is 0 Å². The van der Waals surface area contributed by atoms with Crippen molar-refractivity contribution < 1.29 is 4.74 Å². The molecule has 37 heavy (non-hydrogen) atoms. The van der Waals surface area contributed by atoms with Crippen molar-refractivity contribution in [1.82, 2.24) is 19.9 Å². The maximum atomic E-state index is 6.10. The van der Waals surface area contributed by atoms with Gasteiger partial charge in [-0.2, -0.15) is 0 Å². The Morgan fingerprint density at radius 3 is 2.32 bits per heavy atom. The number of aryl methyl sites for hydroxylation is 4. The highest BCUT2D eigenvalue weighted by molar-refractivity contribution is 7.15. The third-order valence-electron chi connectivity index (χ3n) is 6.11. The average Bonchev–Trinajstić information content (AvgIpc) is 3.33. The van der Waals surface area contributed by atoms with Crippen LogP contribution in [0.1, 0.15) is 33.7 Å². The molecule has 0 aliphatic rings. The second kappa shape index (κ2) is 11.3. The van der Waals surface area contributed by atoms with Crippen LogP contribution in [0, 0.1) is 13.8 Å². The zero-order chi connectivity index (χ0) is 25.6. The zero-order valence-electron chi connectivity index (χ0n) is 21.0. The van der Waals surface area contributed by atoms with Crippen LogP contribution in [-0.2, 0) is 19.4 Å². The van der Waals surface area contributed by atoms with E-state index in [0.717, 1.165) is 64.3 Å². The molecule has 0 radical (unpaired) electrons. The Morgan fingerprint density at radius 2 is 1.62 bits per heavy atom. The van der Waals surface area contributed by atoms with Gasteiger partial charge in [-0.05, 0) is 80.1 Å². The highest BCUT2D eigenvalue weighted by Crippen LogP contribution is 2.32. The van der Waals surface area contributed by atoms with Crippen LogP contribution >= 0.6 is 11.3 Å². The lowest BCUT2D eigenvalue weighted by Gasteiger charge is -2.15. The fraction of sp³-hybridized carbons (Fsp3) is 0.200. The molecule has 6 nitrogen and oxygen atoms in total. The number of hydrogen-bond donors (Lipinski definition) is 1. The van der Waals surface area contributed by atoms with Crippen LogP contribution in [0.25, 0.3) is 22.8 Å². The highest BCUT2D eigenvalue weighted by atomic mass is 32.1. The summed E-state index contributed by atoms with van der Waals surface area (Å²) < 4.78 is 6.10. The third kappa shape index (κ3) is 6.19. The summed E-state index contributed by atoms with van der Waals surface area (Å²) >= 11 is 1.54. The fourth-order valence-electron chi connectivity index (χ4n) is 4.40. The molecule has 0 spiro atoms. The fourth-order valence-corrected chi connectivity index (χ4v) is 5.12. The van der Waals surface area contributed by atoms with E-state index in [-0.39, 0.29) is 0 Å². The molecule has 0 bridgehead atoms. The molecule has 0 unspecified atom stereocenters. The summed E-state index contributed by atoms with van der Waals surface area (Å²) in [4.78, 5) is 19.7. The summed E-state index contributed by atoms with van der Waals surface area (Å²) in [6, 6.07) is 22.3. The largest absolute Gasteiger partial charge is 0.489 e. The predicted octanol–water partition coefficient (Wildman–Crippen LogP) is 6.62. The van der Waals surface area contributed by atoms with Crippen molar-refractivity contribution in [2.75, 3.05) is 5.73 Å². The van der Waals surface area contributed by atoms with Gasteiger partial charge in [-0.1, -0.05) is 36.4 Å². The van der Waals surface area contributed by atoms with E-state index in [4.69, 9.17) is 20.4 Å². The van der Waals surface area contributed by atoms with Crippen LogP contribution in [0.3, 0.4) is 0 Å². The normalized spacial score (nSPS) is 11.0. The van der Waals surface area contributed by atoms with E-state index in [0.29, 0.717) is 17.6 Å². The Balaban J connectivity index is 1.43. The van der Waals surface area contributed by atoms with E-state index in [1.165, 1.54) is 4.88 Å². The lowest BCUT2D eigenvalue weighted by atomic mass is 9.98. The van der Waals surface area contributed by atoms with Gasteiger partial charge in [0.25, 0.3) is 0 Å². The highest BCUT2D eigenvalue weighted by Gasteiger charge is 2.15. The van der Waals surface area contributed by atoms with Gasteiger partial charge in [0, 0.05) is 28.5 Å². The molecule has 5 aromatic rings. The van der Waals surface area contributed by atoms with Gasteiger partial charge >= 0.3 is 0 Å². The minimum absolute atomic E-state index is 0.534. The summed E-state index contributed by atoms with van der Waals surface area (Å²) in [5, 5.41) is 0.610. The molecule has 2 aromatic carbocycles. The first-order valence-corrected chi connectivity index (χ1v) is 13.1. The number of benzene rings is 2. The van der Waals surface area contributed by atoms with Crippen LogP contribution in [0.4, 0.5) is 5.13 Å². The van der Waals surface area contributed by atoms with Crippen molar-refractivity contribution >= 4 is 16.5 Å². The van der Waals surface area contributed by atoms with Crippen molar-refractivity contribution in [1.29, 1.82) is 0 Å². The Kier molecular flexibility index (Phi) is 7.51. The van der Waals surface area contributed by atoms with Gasteiger partial charge in [-0.3, -0.25) is 4.98 Å². The van der Waals surface area contributed by atoms with Gasteiger partial charge in [-0.25, -0.2) is 15.0 Å². The molecule has 186 valence electrons. The van der Waals surface area contributed by atoms with Gasteiger partial charge < -0.3 is 10.5 Å². The number of nitrogen functional groups attached to an aromatic ring is 1. The number of thiazole rings is 1. The molecule has 2 N–H and O–H groups in total. The molecule has 0 fully saturated rings. The minimum atomic E-state index is 0.534. The molecule has 0 aliphatic heterocycles. The van der Waals surface area contributed by atoms with E-state index in [2.05, 4.69) is 54.1 Å². The van der Waals surface area contributed by atoms with Crippen LogP contribution in [-0.4, -0.2) is 19.9 Å². The van der Waals surface area contributed by atoms with E-state index < -0.39 is 0 Å². The lowest BCUT2D eigenvalue weighted by Crippen LogP contribution is -2.02. The Morgan fingerprint density at radius 1 is 0.838 bits per heavy atom. The number of rotatable bonds is 9. The third-order valence-corrected chi connectivity index (χ3v) is 7.00. The second-order valence-electron chi connectivity index (χ2n) is 9.01. The summed E-state index contributed by atoms with van der Waals surface area (Å²) in [5.41, 5.74) is 12.9. The molecule has 0 saturated carbocycles. The van der Waals surface area contributed by atoms with Crippen molar-refractivity contribution in [3.63, 3.8) is 0 Å². The Labute approximate surface area is 221 Å². The number of aromatic nitrogens is 4. The Hall–Kier alpha value is -4.10. The number of nitrogens with two attached hydrogens (primary N) is 1. The number of anilines is 1. The summed E-state index contributed by atoms with van der Waals surface area (Å²) in [6.45, 7) is 4.74.